The lowest BCUT2D eigenvalue weighted by molar-refractivity contribution is -0.134. The van der Waals surface area contributed by atoms with Crippen LogP contribution in [0.3, 0.4) is 0 Å². The molecule has 0 aliphatic carbocycles. The summed E-state index contributed by atoms with van der Waals surface area (Å²) in [5.74, 6) is 1.69. The molecule has 2 aliphatic rings. The summed E-state index contributed by atoms with van der Waals surface area (Å²) in [5.41, 5.74) is 1.85. The van der Waals surface area contributed by atoms with Crippen LogP contribution in [-0.4, -0.2) is 48.0 Å². The third kappa shape index (κ3) is 2.87. The smallest absolute Gasteiger partial charge is 0.241 e. The minimum Gasteiger partial charge on any atom is -0.441 e. The van der Waals surface area contributed by atoms with Crippen molar-refractivity contribution in [3.05, 3.63) is 41.8 Å². The summed E-state index contributed by atoms with van der Waals surface area (Å²) < 4.78 is 5.89. The largest absolute Gasteiger partial charge is 0.441 e. The number of oxazole rings is 1. The van der Waals surface area contributed by atoms with Crippen LogP contribution in [0.1, 0.15) is 11.5 Å². The van der Waals surface area contributed by atoms with E-state index >= 15 is 0 Å². The molecule has 1 aromatic heterocycles. The Kier molecular flexibility index (Phi) is 3.85. The van der Waals surface area contributed by atoms with E-state index in [1.54, 1.807) is 0 Å². The highest BCUT2D eigenvalue weighted by atomic mass is 16.4. The molecule has 0 spiro atoms. The molecule has 1 aromatic carbocycles. The van der Waals surface area contributed by atoms with Gasteiger partial charge in [-0.2, -0.15) is 0 Å². The van der Waals surface area contributed by atoms with E-state index in [9.17, 15) is 4.79 Å². The third-order valence-electron chi connectivity index (χ3n) is 4.40. The van der Waals surface area contributed by atoms with E-state index < -0.39 is 0 Å². The third-order valence-corrected chi connectivity index (χ3v) is 4.40. The van der Waals surface area contributed by atoms with Crippen LogP contribution in [0.25, 0.3) is 11.5 Å². The van der Waals surface area contributed by atoms with Crippen LogP contribution in [0.5, 0.6) is 0 Å². The number of carbonyl (C=O) groups is 1. The van der Waals surface area contributed by atoms with Gasteiger partial charge in [0.25, 0.3) is 0 Å². The number of nitrogens with one attached hydrogen (secondary N) is 2. The first-order valence-electron chi connectivity index (χ1n) is 8.08. The van der Waals surface area contributed by atoms with Crippen molar-refractivity contribution < 1.29 is 9.21 Å². The van der Waals surface area contributed by atoms with Crippen LogP contribution in [0, 0.1) is 0 Å². The molecule has 6 nitrogen and oxygen atoms in total. The molecule has 0 radical (unpaired) electrons. The zero-order chi connectivity index (χ0) is 15.6. The predicted molar refractivity (Wildman–Crippen MR) is 85.7 cm³/mol. The Morgan fingerprint density at radius 2 is 2.13 bits per heavy atom. The molecule has 1 saturated heterocycles. The van der Waals surface area contributed by atoms with Crippen LogP contribution in [0.2, 0.25) is 0 Å². The minimum atomic E-state index is -0.134. The fourth-order valence-electron chi connectivity index (χ4n) is 3.14. The Hall–Kier alpha value is -2.18. The van der Waals surface area contributed by atoms with Crippen molar-refractivity contribution in [3.63, 3.8) is 0 Å². The van der Waals surface area contributed by atoms with Crippen molar-refractivity contribution in [3.8, 4) is 11.5 Å². The summed E-state index contributed by atoms with van der Waals surface area (Å²) in [6, 6.07) is 9.74. The molecule has 2 aliphatic heterocycles. The first-order valence-corrected chi connectivity index (χ1v) is 8.08. The zero-order valence-electron chi connectivity index (χ0n) is 12.9. The van der Waals surface area contributed by atoms with E-state index in [1.807, 2.05) is 35.2 Å². The van der Waals surface area contributed by atoms with Gasteiger partial charge in [-0.15, -0.1) is 0 Å². The van der Waals surface area contributed by atoms with Crippen LogP contribution in [0.15, 0.2) is 34.7 Å². The number of amides is 1. The van der Waals surface area contributed by atoms with Gasteiger partial charge < -0.3 is 20.0 Å². The van der Waals surface area contributed by atoms with Gasteiger partial charge in [-0.1, -0.05) is 18.2 Å². The fraction of sp³-hybridized carbons (Fsp3) is 0.412. The van der Waals surface area contributed by atoms with E-state index in [1.165, 1.54) is 0 Å². The molecule has 1 amide bonds. The molecule has 3 heterocycles. The number of aromatic nitrogens is 1. The maximum Gasteiger partial charge on any atom is 0.241 e. The van der Waals surface area contributed by atoms with Crippen molar-refractivity contribution in [1.82, 2.24) is 20.5 Å². The molecule has 2 aromatic rings. The molecule has 0 unspecified atom stereocenters. The SMILES string of the molecule is O=C([C@@H]1CNCCN1)N1CCc2oc(-c3ccccc3)nc2C1. The van der Waals surface area contributed by atoms with Crippen molar-refractivity contribution in [2.75, 3.05) is 26.2 Å². The van der Waals surface area contributed by atoms with Gasteiger partial charge in [0.05, 0.1) is 12.6 Å². The molecule has 6 heteroatoms. The Labute approximate surface area is 134 Å². The number of hydrogen-bond donors (Lipinski definition) is 2. The molecular weight excluding hydrogens is 292 g/mol. The first-order chi connectivity index (χ1) is 11.3. The van der Waals surface area contributed by atoms with Gasteiger partial charge in [0.2, 0.25) is 11.8 Å². The van der Waals surface area contributed by atoms with Gasteiger partial charge in [-0.25, -0.2) is 4.98 Å². The van der Waals surface area contributed by atoms with Crippen LogP contribution in [-0.2, 0) is 17.8 Å². The summed E-state index contributed by atoms with van der Waals surface area (Å²) in [4.78, 5) is 19.1. The molecule has 4 rings (SSSR count). The molecular formula is C17H20N4O2. The van der Waals surface area contributed by atoms with Crippen LogP contribution in [0.4, 0.5) is 0 Å². The number of benzene rings is 1. The number of hydrogen-bond acceptors (Lipinski definition) is 5. The Bertz CT molecular complexity index is 692. The first kappa shape index (κ1) is 14.4. The summed E-state index contributed by atoms with van der Waals surface area (Å²) in [6.45, 7) is 3.65. The highest BCUT2D eigenvalue weighted by Gasteiger charge is 2.30. The quantitative estimate of drug-likeness (QED) is 0.858. The highest BCUT2D eigenvalue weighted by molar-refractivity contribution is 5.82. The van der Waals surface area contributed by atoms with Gasteiger partial charge in [0.15, 0.2) is 0 Å². The molecule has 1 fully saturated rings. The molecule has 0 saturated carbocycles. The Balaban J connectivity index is 1.51. The maximum absolute atomic E-state index is 12.6. The van der Waals surface area contributed by atoms with E-state index in [0.29, 0.717) is 25.5 Å². The number of nitrogens with zero attached hydrogens (tertiary/aromatic N) is 2. The lowest BCUT2D eigenvalue weighted by atomic mass is 10.1. The van der Waals surface area contributed by atoms with E-state index in [-0.39, 0.29) is 11.9 Å². The number of piperazine rings is 1. The highest BCUT2D eigenvalue weighted by Crippen LogP contribution is 2.26. The van der Waals surface area contributed by atoms with Crippen LogP contribution < -0.4 is 10.6 Å². The zero-order valence-corrected chi connectivity index (χ0v) is 12.9. The molecule has 1 atom stereocenters. The van der Waals surface area contributed by atoms with E-state index in [0.717, 1.165) is 36.5 Å². The van der Waals surface area contributed by atoms with Gasteiger partial charge in [0.1, 0.15) is 11.5 Å². The average Bonchev–Trinajstić information content (AvgIpc) is 3.06. The normalized spacial score (nSPS) is 21.0. The second-order valence-corrected chi connectivity index (χ2v) is 5.98. The van der Waals surface area contributed by atoms with Crippen molar-refractivity contribution >= 4 is 5.91 Å². The maximum atomic E-state index is 12.6. The summed E-state index contributed by atoms with van der Waals surface area (Å²) in [5, 5.41) is 6.53. The minimum absolute atomic E-state index is 0.134. The second kappa shape index (κ2) is 6.14. The lowest BCUT2D eigenvalue weighted by Crippen LogP contribution is -2.57. The van der Waals surface area contributed by atoms with Gasteiger partial charge in [-0.3, -0.25) is 4.79 Å². The lowest BCUT2D eigenvalue weighted by Gasteiger charge is -2.31. The van der Waals surface area contributed by atoms with Crippen molar-refractivity contribution in [2.24, 2.45) is 0 Å². The molecule has 120 valence electrons. The molecule has 23 heavy (non-hydrogen) atoms. The molecule has 2 N–H and O–H groups in total. The number of rotatable bonds is 2. The Morgan fingerprint density at radius 3 is 2.91 bits per heavy atom. The number of carbonyl (C=O) groups excluding carboxylic acids is 1. The summed E-state index contributed by atoms with van der Waals surface area (Å²) in [7, 11) is 0. The van der Waals surface area contributed by atoms with E-state index in [2.05, 4.69) is 15.6 Å². The average molecular weight is 312 g/mol. The monoisotopic (exact) mass is 312 g/mol. The fourth-order valence-corrected chi connectivity index (χ4v) is 3.14. The second-order valence-electron chi connectivity index (χ2n) is 5.98. The van der Waals surface area contributed by atoms with Crippen molar-refractivity contribution in [1.29, 1.82) is 0 Å². The van der Waals surface area contributed by atoms with Gasteiger partial charge >= 0.3 is 0 Å². The summed E-state index contributed by atoms with van der Waals surface area (Å²) in [6.07, 6.45) is 0.723. The standard InChI is InChI=1S/C17H20N4O2/c22-17(13-10-18-7-8-19-13)21-9-6-15-14(11-21)20-16(23-15)12-4-2-1-3-5-12/h1-5,13,18-19H,6-11H2/t13-/m0/s1. The molecule has 0 bridgehead atoms. The topological polar surface area (TPSA) is 70.4 Å². The predicted octanol–water partition coefficient (Wildman–Crippen LogP) is 0.788. The van der Waals surface area contributed by atoms with Gasteiger partial charge in [0, 0.05) is 38.2 Å². The number of fused-ring (bicyclic) bond motifs is 1. The van der Waals surface area contributed by atoms with E-state index in [4.69, 9.17) is 4.42 Å². The summed E-state index contributed by atoms with van der Waals surface area (Å²) >= 11 is 0. The Morgan fingerprint density at radius 1 is 1.26 bits per heavy atom. The van der Waals surface area contributed by atoms with Gasteiger partial charge in [-0.05, 0) is 12.1 Å². The van der Waals surface area contributed by atoms with Crippen molar-refractivity contribution in [2.45, 2.75) is 19.0 Å². The van der Waals surface area contributed by atoms with Crippen LogP contribution >= 0.6 is 0 Å².